The highest BCUT2D eigenvalue weighted by atomic mass is 16.6. The molecule has 10 nitrogen and oxygen atoms in total. The zero-order valence-corrected chi connectivity index (χ0v) is 42.3. The maximum absolute atomic E-state index is 5.04. The third-order valence-electron chi connectivity index (χ3n) is 12.0. The highest BCUT2D eigenvalue weighted by Gasteiger charge is 2.16. The molecule has 10 heteroatoms. The van der Waals surface area contributed by atoms with Crippen LogP contribution in [0.3, 0.4) is 0 Å². The van der Waals surface area contributed by atoms with Crippen LogP contribution >= 0.6 is 0 Å². The van der Waals surface area contributed by atoms with E-state index in [2.05, 4.69) is 172 Å². The fourth-order valence-corrected chi connectivity index (χ4v) is 7.89. The average molecular weight is 973 g/mol. The molecule has 10 aromatic rings. The minimum Gasteiger partial charge on any atom is -0.377 e. The molecule has 1 saturated heterocycles. The van der Waals surface area contributed by atoms with E-state index in [0.717, 1.165) is 94.5 Å². The van der Waals surface area contributed by atoms with Crippen molar-refractivity contribution in [1.29, 1.82) is 0 Å². The van der Waals surface area contributed by atoms with Crippen LogP contribution in [0.5, 0.6) is 0 Å². The summed E-state index contributed by atoms with van der Waals surface area (Å²) in [5, 5.41) is 6.97. The SMILES string of the molecule is C1COCCO1.Cc1ccc(-c2cn(-c3ccc(C)cc3)c(/N=C(\Nc3ccccc3)c3ccccc3)n2)cc1.Cc1ccc(-c2cn(-c3ccc(C)cc3)c(/N=C(\Nc3ccccc3)c3ccccc3)n2)cc1. The fourth-order valence-electron chi connectivity index (χ4n) is 7.89. The Hall–Kier alpha value is -8.96. The second-order valence-electron chi connectivity index (χ2n) is 17.9. The van der Waals surface area contributed by atoms with Crippen molar-refractivity contribution in [3.63, 3.8) is 0 Å². The predicted molar refractivity (Wildman–Crippen MR) is 304 cm³/mol. The molecule has 0 amide bonds. The first-order chi connectivity index (χ1) is 36.3. The number of nitrogens with zero attached hydrogens (tertiary/aromatic N) is 6. The molecule has 0 aliphatic carbocycles. The molecule has 2 N–H and O–H groups in total. The van der Waals surface area contributed by atoms with Crippen LogP contribution in [-0.2, 0) is 9.47 Å². The number of aryl methyl sites for hydroxylation is 4. The zero-order chi connectivity index (χ0) is 50.9. The van der Waals surface area contributed by atoms with Gasteiger partial charge in [0.2, 0.25) is 11.9 Å². The van der Waals surface area contributed by atoms with Gasteiger partial charge in [0.15, 0.2) is 0 Å². The van der Waals surface area contributed by atoms with E-state index in [9.17, 15) is 0 Å². The normalized spacial score (nSPS) is 12.4. The fraction of sp³-hybridized carbons (Fsp3) is 0.125. The van der Waals surface area contributed by atoms with Gasteiger partial charge in [-0.3, -0.25) is 9.13 Å². The van der Waals surface area contributed by atoms with E-state index < -0.39 is 0 Å². The van der Waals surface area contributed by atoms with Gasteiger partial charge in [-0.15, -0.1) is 0 Å². The van der Waals surface area contributed by atoms with Crippen molar-refractivity contribution in [2.45, 2.75) is 27.7 Å². The Balaban J connectivity index is 0.000000163. The molecule has 11 rings (SSSR count). The molecule has 0 unspecified atom stereocenters. The molecule has 0 atom stereocenters. The zero-order valence-electron chi connectivity index (χ0n) is 42.3. The standard InChI is InChI=1S/2C30H26N4.C4H8O2/c2*1-22-13-17-24(18-14-22)28-21-34(27-19-15-23(2)16-20-27)30(32-28)33-29(25-9-5-3-6-10-25)31-26-11-7-4-8-12-26;1-2-6-4-3-5-1/h2*3-21H,1-2H3,(H,31,32,33);1-4H2. The molecular weight excluding hydrogens is 913 g/mol. The molecule has 3 heterocycles. The Labute approximate surface area is 434 Å². The number of amidine groups is 2. The van der Waals surface area contributed by atoms with Gasteiger partial charge in [-0.25, -0.2) is 9.97 Å². The predicted octanol–water partition coefficient (Wildman–Crippen LogP) is 14.7. The Kier molecular flexibility index (Phi) is 16.8. The number of benzene rings is 8. The second kappa shape index (κ2) is 24.9. The summed E-state index contributed by atoms with van der Waals surface area (Å²) in [6.07, 6.45) is 4.11. The van der Waals surface area contributed by atoms with Crippen LogP contribution in [0.1, 0.15) is 33.4 Å². The smallest absolute Gasteiger partial charge is 0.236 e. The third-order valence-corrected chi connectivity index (χ3v) is 12.0. The number of anilines is 2. The van der Waals surface area contributed by atoms with E-state index in [1.165, 1.54) is 22.3 Å². The van der Waals surface area contributed by atoms with E-state index in [-0.39, 0.29) is 0 Å². The van der Waals surface area contributed by atoms with Gasteiger partial charge in [0.1, 0.15) is 11.7 Å². The number of aromatic nitrogens is 4. The van der Waals surface area contributed by atoms with Gasteiger partial charge in [0.05, 0.1) is 37.8 Å². The van der Waals surface area contributed by atoms with E-state index in [0.29, 0.717) is 11.9 Å². The molecule has 0 saturated carbocycles. The van der Waals surface area contributed by atoms with Crippen molar-refractivity contribution in [2.75, 3.05) is 37.1 Å². The minimum atomic E-state index is 0.613. The lowest BCUT2D eigenvalue weighted by Crippen LogP contribution is -2.16. The molecule has 1 fully saturated rings. The molecule has 0 radical (unpaired) electrons. The van der Waals surface area contributed by atoms with Gasteiger partial charge in [0.25, 0.3) is 0 Å². The number of rotatable bonds is 10. The van der Waals surface area contributed by atoms with Gasteiger partial charge in [-0.2, -0.15) is 9.98 Å². The molecule has 368 valence electrons. The summed E-state index contributed by atoms with van der Waals surface area (Å²) in [6, 6.07) is 74.1. The number of ether oxygens (including phenoxy) is 2. The van der Waals surface area contributed by atoms with Crippen LogP contribution in [0, 0.1) is 27.7 Å². The van der Waals surface area contributed by atoms with Gasteiger partial charge in [0, 0.05) is 57.4 Å². The van der Waals surface area contributed by atoms with E-state index in [1.54, 1.807) is 0 Å². The Bertz CT molecular complexity index is 3130. The monoisotopic (exact) mass is 972 g/mol. The van der Waals surface area contributed by atoms with E-state index >= 15 is 0 Å². The number of aliphatic imine (C=N–C) groups is 2. The van der Waals surface area contributed by atoms with Crippen molar-refractivity contribution in [3.8, 4) is 33.9 Å². The molecule has 0 bridgehead atoms. The van der Waals surface area contributed by atoms with Crippen molar-refractivity contribution in [3.05, 3.63) is 264 Å². The Morgan fingerprint density at radius 2 is 0.676 bits per heavy atom. The summed E-state index contributed by atoms with van der Waals surface area (Å²) in [4.78, 5) is 20.0. The number of para-hydroxylation sites is 2. The topological polar surface area (TPSA) is 103 Å². The van der Waals surface area contributed by atoms with Crippen LogP contribution < -0.4 is 10.6 Å². The number of hydrogen-bond donors (Lipinski definition) is 2. The molecule has 2 aromatic heterocycles. The van der Waals surface area contributed by atoms with E-state index in [4.69, 9.17) is 29.4 Å². The van der Waals surface area contributed by atoms with Crippen LogP contribution in [0.25, 0.3) is 33.9 Å². The maximum Gasteiger partial charge on any atom is 0.236 e. The van der Waals surface area contributed by atoms with Crippen LogP contribution in [0.15, 0.2) is 241 Å². The Morgan fingerprint density at radius 3 is 0.986 bits per heavy atom. The number of hydrogen-bond acceptors (Lipinski definition) is 6. The molecular formula is C64H60N8O2. The first kappa shape index (κ1) is 50.0. The first-order valence-electron chi connectivity index (χ1n) is 24.9. The van der Waals surface area contributed by atoms with Gasteiger partial charge in [-0.1, -0.05) is 192 Å². The molecule has 8 aromatic carbocycles. The molecule has 74 heavy (non-hydrogen) atoms. The third kappa shape index (κ3) is 13.7. The van der Waals surface area contributed by atoms with Crippen molar-refractivity contribution in [2.24, 2.45) is 9.98 Å². The lowest BCUT2D eigenvalue weighted by Gasteiger charge is -2.11. The van der Waals surface area contributed by atoms with Gasteiger partial charge in [-0.05, 0) is 76.2 Å². The molecule has 1 aliphatic heterocycles. The van der Waals surface area contributed by atoms with Crippen molar-refractivity contribution >= 4 is 34.9 Å². The molecule has 1 aliphatic rings. The van der Waals surface area contributed by atoms with Crippen molar-refractivity contribution < 1.29 is 9.47 Å². The number of nitrogens with one attached hydrogen (secondary N) is 2. The minimum absolute atomic E-state index is 0.613. The summed E-state index contributed by atoms with van der Waals surface area (Å²) in [6.45, 7) is 11.5. The lowest BCUT2D eigenvalue weighted by molar-refractivity contribution is -0.0334. The number of imidazole rings is 2. The lowest BCUT2D eigenvalue weighted by atomic mass is 10.1. The first-order valence-corrected chi connectivity index (χ1v) is 24.9. The van der Waals surface area contributed by atoms with Crippen LogP contribution in [0.4, 0.5) is 23.3 Å². The van der Waals surface area contributed by atoms with Gasteiger partial charge < -0.3 is 20.1 Å². The van der Waals surface area contributed by atoms with Crippen molar-refractivity contribution in [1.82, 2.24) is 19.1 Å². The molecule has 0 spiro atoms. The van der Waals surface area contributed by atoms with Crippen LogP contribution in [0.2, 0.25) is 0 Å². The highest BCUT2D eigenvalue weighted by Crippen LogP contribution is 2.29. The largest absolute Gasteiger partial charge is 0.377 e. The van der Waals surface area contributed by atoms with Gasteiger partial charge >= 0.3 is 0 Å². The van der Waals surface area contributed by atoms with E-state index in [1.807, 2.05) is 106 Å². The second-order valence-corrected chi connectivity index (χ2v) is 17.9. The summed E-state index contributed by atoms with van der Waals surface area (Å²) in [7, 11) is 0. The highest BCUT2D eigenvalue weighted by molar-refractivity contribution is 6.10. The average Bonchev–Trinajstić information content (AvgIpc) is 4.08. The maximum atomic E-state index is 5.04. The summed E-state index contributed by atoms with van der Waals surface area (Å²) in [5.41, 5.74) is 14.7. The quantitative estimate of drug-likeness (QED) is 0.105. The summed E-state index contributed by atoms with van der Waals surface area (Å²) < 4.78 is 14.0. The summed E-state index contributed by atoms with van der Waals surface area (Å²) >= 11 is 0. The summed E-state index contributed by atoms with van der Waals surface area (Å²) in [5.74, 6) is 2.70. The van der Waals surface area contributed by atoms with Crippen LogP contribution in [-0.4, -0.2) is 57.2 Å². The Morgan fingerprint density at radius 1 is 0.378 bits per heavy atom.